The first-order valence-electron chi connectivity index (χ1n) is 9.58. The molecule has 0 aliphatic heterocycles. The van der Waals surface area contributed by atoms with E-state index in [0.29, 0.717) is 24.5 Å². The maximum atomic E-state index is 12.8. The number of hydrogen-bond acceptors (Lipinski definition) is 4. The summed E-state index contributed by atoms with van der Waals surface area (Å²) >= 11 is 0. The Morgan fingerprint density at radius 1 is 0.933 bits per heavy atom. The third-order valence-corrected chi connectivity index (χ3v) is 4.49. The quantitative estimate of drug-likeness (QED) is 0.440. The van der Waals surface area contributed by atoms with Crippen LogP contribution in [0.3, 0.4) is 0 Å². The summed E-state index contributed by atoms with van der Waals surface area (Å²) in [7, 11) is 1.54. The summed E-state index contributed by atoms with van der Waals surface area (Å²) in [6.07, 6.45) is 1.62. The largest absolute Gasteiger partial charge is 0.495 e. The van der Waals surface area contributed by atoms with Gasteiger partial charge in [-0.1, -0.05) is 72.8 Å². The molecule has 5 heteroatoms. The zero-order valence-electron chi connectivity index (χ0n) is 16.8. The zero-order valence-corrected chi connectivity index (χ0v) is 16.8. The number of carbonyl (C=O) groups is 1. The van der Waals surface area contributed by atoms with Gasteiger partial charge in [0.1, 0.15) is 17.4 Å². The van der Waals surface area contributed by atoms with Gasteiger partial charge in [0.05, 0.1) is 12.8 Å². The van der Waals surface area contributed by atoms with Gasteiger partial charge in [0, 0.05) is 19.3 Å². The lowest BCUT2D eigenvalue weighted by molar-refractivity contribution is -0.112. The highest BCUT2D eigenvalue weighted by atomic mass is 16.5. The molecule has 0 aromatic heterocycles. The van der Waals surface area contributed by atoms with Gasteiger partial charge in [0.25, 0.3) is 5.91 Å². The maximum absolute atomic E-state index is 12.8. The molecule has 3 rings (SSSR count). The molecule has 150 valence electrons. The number of nitriles is 1. The third kappa shape index (κ3) is 5.73. The number of carbonyl (C=O) groups excluding carboxylic acids is 1. The molecule has 0 aliphatic carbocycles. The van der Waals surface area contributed by atoms with Crippen LogP contribution in [0, 0.1) is 11.3 Å². The summed E-state index contributed by atoms with van der Waals surface area (Å²) in [5.74, 6) is 0.0571. The lowest BCUT2D eigenvalue weighted by Gasteiger charge is -2.21. The maximum Gasteiger partial charge on any atom is 0.267 e. The van der Waals surface area contributed by atoms with E-state index in [-0.39, 0.29) is 5.57 Å². The van der Waals surface area contributed by atoms with E-state index in [0.717, 1.165) is 11.1 Å². The zero-order chi connectivity index (χ0) is 21.2. The van der Waals surface area contributed by atoms with Crippen molar-refractivity contribution in [3.8, 4) is 11.8 Å². The van der Waals surface area contributed by atoms with Gasteiger partial charge in [-0.3, -0.25) is 4.79 Å². The van der Waals surface area contributed by atoms with Gasteiger partial charge in [-0.05, 0) is 23.3 Å². The van der Waals surface area contributed by atoms with Crippen LogP contribution in [0.25, 0.3) is 0 Å². The number of rotatable bonds is 8. The molecule has 30 heavy (non-hydrogen) atoms. The molecular weight excluding hydrogens is 374 g/mol. The topological polar surface area (TPSA) is 65.4 Å². The van der Waals surface area contributed by atoms with Crippen LogP contribution in [0.5, 0.6) is 5.75 Å². The molecular formula is C25H23N3O2. The van der Waals surface area contributed by atoms with Crippen molar-refractivity contribution in [2.24, 2.45) is 0 Å². The van der Waals surface area contributed by atoms with Crippen LogP contribution in [-0.2, 0) is 17.9 Å². The second kappa shape index (κ2) is 10.5. The van der Waals surface area contributed by atoms with Crippen LogP contribution in [0.15, 0.2) is 96.7 Å². The van der Waals surface area contributed by atoms with Crippen molar-refractivity contribution < 1.29 is 9.53 Å². The third-order valence-electron chi connectivity index (χ3n) is 4.49. The molecule has 0 saturated heterocycles. The Morgan fingerprint density at radius 2 is 1.47 bits per heavy atom. The average Bonchev–Trinajstić information content (AvgIpc) is 2.79. The summed E-state index contributed by atoms with van der Waals surface area (Å²) in [5, 5.41) is 12.4. The molecule has 0 heterocycles. The standard InChI is InChI=1S/C25H23N3O2/c1-30-24-15-9-8-14-23(24)27-25(29)22(16-26)19-28(17-20-10-4-2-5-11-20)18-21-12-6-3-7-13-21/h2-15,19H,17-18H2,1H3,(H,27,29)/b22-19-. The van der Waals surface area contributed by atoms with Gasteiger partial charge in [0.2, 0.25) is 0 Å². The van der Waals surface area contributed by atoms with Gasteiger partial charge in [0.15, 0.2) is 0 Å². The SMILES string of the molecule is COc1ccccc1NC(=O)/C(C#N)=C\N(Cc1ccccc1)Cc1ccccc1. The number of hydrogen-bond donors (Lipinski definition) is 1. The lowest BCUT2D eigenvalue weighted by atomic mass is 10.1. The summed E-state index contributed by atoms with van der Waals surface area (Å²) in [5.41, 5.74) is 2.72. The lowest BCUT2D eigenvalue weighted by Crippen LogP contribution is -2.21. The van der Waals surface area contributed by atoms with E-state index in [1.54, 1.807) is 24.4 Å². The average molecular weight is 397 g/mol. The van der Waals surface area contributed by atoms with E-state index in [4.69, 9.17) is 4.74 Å². The predicted octanol–water partition coefficient (Wildman–Crippen LogP) is 4.74. The molecule has 0 fully saturated rings. The Labute approximate surface area is 176 Å². The van der Waals surface area contributed by atoms with Crippen LogP contribution >= 0.6 is 0 Å². The van der Waals surface area contributed by atoms with E-state index in [9.17, 15) is 10.1 Å². The second-order valence-corrected chi connectivity index (χ2v) is 6.69. The molecule has 0 spiro atoms. The number of benzene rings is 3. The Morgan fingerprint density at radius 3 is 2.00 bits per heavy atom. The Bertz CT molecular complexity index is 999. The first-order valence-corrected chi connectivity index (χ1v) is 9.58. The van der Waals surface area contributed by atoms with Crippen LogP contribution < -0.4 is 10.1 Å². The number of anilines is 1. The fourth-order valence-corrected chi connectivity index (χ4v) is 3.04. The Balaban J connectivity index is 1.84. The minimum Gasteiger partial charge on any atom is -0.495 e. The molecule has 3 aromatic carbocycles. The van der Waals surface area contributed by atoms with Crippen molar-refractivity contribution >= 4 is 11.6 Å². The van der Waals surface area contributed by atoms with Gasteiger partial charge in [-0.25, -0.2) is 0 Å². The van der Waals surface area contributed by atoms with E-state index < -0.39 is 5.91 Å². The van der Waals surface area contributed by atoms with Crippen molar-refractivity contribution in [1.29, 1.82) is 5.26 Å². The van der Waals surface area contributed by atoms with Crippen molar-refractivity contribution in [2.45, 2.75) is 13.1 Å². The highest BCUT2D eigenvalue weighted by molar-refractivity contribution is 6.07. The Kier molecular flexibility index (Phi) is 7.23. The number of amides is 1. The fraction of sp³-hybridized carbons (Fsp3) is 0.120. The number of ether oxygens (including phenoxy) is 1. The minimum absolute atomic E-state index is 0.0211. The van der Waals surface area contributed by atoms with Crippen molar-refractivity contribution in [3.63, 3.8) is 0 Å². The van der Waals surface area contributed by atoms with E-state index in [1.807, 2.05) is 77.7 Å². The number of nitrogens with zero attached hydrogens (tertiary/aromatic N) is 2. The highest BCUT2D eigenvalue weighted by Crippen LogP contribution is 2.23. The van der Waals surface area contributed by atoms with E-state index in [1.165, 1.54) is 7.11 Å². The molecule has 1 N–H and O–H groups in total. The normalized spacial score (nSPS) is 10.7. The first-order chi connectivity index (χ1) is 14.7. The molecule has 5 nitrogen and oxygen atoms in total. The molecule has 1 amide bonds. The molecule has 3 aromatic rings. The fourth-order valence-electron chi connectivity index (χ4n) is 3.04. The summed E-state index contributed by atoms with van der Waals surface area (Å²) < 4.78 is 5.27. The molecule has 0 aliphatic rings. The number of para-hydroxylation sites is 2. The van der Waals surface area contributed by atoms with Gasteiger partial charge in [-0.15, -0.1) is 0 Å². The van der Waals surface area contributed by atoms with Gasteiger partial charge >= 0.3 is 0 Å². The second-order valence-electron chi connectivity index (χ2n) is 6.69. The van der Waals surface area contributed by atoms with E-state index in [2.05, 4.69) is 5.32 Å². The summed E-state index contributed by atoms with van der Waals surface area (Å²) in [6, 6.07) is 29.0. The van der Waals surface area contributed by atoms with Gasteiger partial charge in [-0.2, -0.15) is 5.26 Å². The smallest absolute Gasteiger partial charge is 0.267 e. The first kappa shape index (κ1) is 20.7. The molecule has 0 saturated carbocycles. The van der Waals surface area contributed by atoms with Crippen LogP contribution in [0.1, 0.15) is 11.1 Å². The monoisotopic (exact) mass is 397 g/mol. The molecule has 0 atom stereocenters. The summed E-state index contributed by atoms with van der Waals surface area (Å²) in [6.45, 7) is 1.14. The number of methoxy groups -OCH3 is 1. The molecule has 0 unspecified atom stereocenters. The number of nitrogens with one attached hydrogen (secondary N) is 1. The highest BCUT2D eigenvalue weighted by Gasteiger charge is 2.14. The Hall–Kier alpha value is -4.04. The predicted molar refractivity (Wildman–Crippen MR) is 117 cm³/mol. The van der Waals surface area contributed by atoms with Crippen molar-refractivity contribution in [3.05, 3.63) is 108 Å². The minimum atomic E-state index is -0.479. The summed E-state index contributed by atoms with van der Waals surface area (Å²) in [4.78, 5) is 14.7. The molecule has 0 bridgehead atoms. The van der Waals surface area contributed by atoms with Gasteiger partial charge < -0.3 is 15.0 Å². The van der Waals surface area contributed by atoms with Crippen molar-refractivity contribution in [2.75, 3.05) is 12.4 Å². The van der Waals surface area contributed by atoms with Crippen LogP contribution in [0.4, 0.5) is 5.69 Å². The van der Waals surface area contributed by atoms with Crippen LogP contribution in [0.2, 0.25) is 0 Å². The van der Waals surface area contributed by atoms with Crippen molar-refractivity contribution in [1.82, 2.24) is 4.90 Å². The molecule has 0 radical (unpaired) electrons. The van der Waals surface area contributed by atoms with E-state index >= 15 is 0 Å². The van der Waals surface area contributed by atoms with Crippen LogP contribution in [-0.4, -0.2) is 17.9 Å².